The third kappa shape index (κ3) is 4.53. The molecular formula is C20H16ClF3N4O3S. The van der Waals surface area contributed by atoms with Gasteiger partial charge >= 0.3 is 6.18 Å². The molecule has 0 atom stereocenters. The molecule has 0 aliphatic carbocycles. The molecule has 1 aliphatic heterocycles. The van der Waals surface area contributed by atoms with Crippen LogP contribution in [0.25, 0.3) is 0 Å². The zero-order valence-electron chi connectivity index (χ0n) is 16.2. The summed E-state index contributed by atoms with van der Waals surface area (Å²) in [5.41, 5.74) is 0.318. The van der Waals surface area contributed by atoms with Crippen LogP contribution >= 0.6 is 11.6 Å². The van der Waals surface area contributed by atoms with Gasteiger partial charge in [-0.05, 0) is 54.1 Å². The van der Waals surface area contributed by atoms with Crippen molar-refractivity contribution in [1.82, 2.24) is 0 Å². The van der Waals surface area contributed by atoms with E-state index in [2.05, 4.69) is 10.0 Å². The Morgan fingerprint density at radius 2 is 1.88 bits per heavy atom. The first kappa shape index (κ1) is 22.0. The average Bonchev–Trinajstić information content (AvgIpc) is 3.19. The lowest BCUT2D eigenvalue weighted by Crippen LogP contribution is -2.39. The van der Waals surface area contributed by atoms with Crippen molar-refractivity contribution in [3.63, 3.8) is 0 Å². The maximum absolute atomic E-state index is 12.9. The van der Waals surface area contributed by atoms with Gasteiger partial charge in [-0.1, -0.05) is 11.6 Å². The molecule has 0 bridgehead atoms. The first-order chi connectivity index (χ1) is 15.0. The van der Waals surface area contributed by atoms with Crippen molar-refractivity contribution in [2.24, 2.45) is 0 Å². The number of benzene rings is 2. The van der Waals surface area contributed by atoms with Crippen molar-refractivity contribution in [1.29, 1.82) is 5.41 Å². The number of furan rings is 1. The van der Waals surface area contributed by atoms with Gasteiger partial charge in [-0.2, -0.15) is 13.2 Å². The van der Waals surface area contributed by atoms with E-state index in [9.17, 15) is 21.6 Å². The smallest absolute Gasteiger partial charge is 0.416 e. The number of fused-ring (bicyclic) bond motifs is 1. The molecule has 0 spiro atoms. The van der Waals surface area contributed by atoms with Crippen molar-refractivity contribution in [2.45, 2.75) is 11.9 Å². The highest BCUT2D eigenvalue weighted by Crippen LogP contribution is 2.33. The number of halogens is 4. The summed E-state index contributed by atoms with van der Waals surface area (Å²) in [6, 6.07) is 10.5. The van der Waals surface area contributed by atoms with Crippen LogP contribution in [0.4, 0.5) is 30.4 Å². The molecule has 2 aromatic carbocycles. The summed E-state index contributed by atoms with van der Waals surface area (Å²) in [6.07, 6.45) is -3.13. The van der Waals surface area contributed by atoms with Crippen LogP contribution in [0, 0.1) is 5.41 Å². The third-order valence-corrected chi connectivity index (χ3v) is 6.37. The Bertz CT molecular complexity index is 1270. The minimum Gasteiger partial charge on any atom is -0.448 e. The maximum atomic E-state index is 12.9. The van der Waals surface area contributed by atoms with Crippen LogP contribution in [0.3, 0.4) is 0 Å². The molecule has 12 heteroatoms. The summed E-state index contributed by atoms with van der Waals surface area (Å²) in [6.45, 7) is 0.290. The van der Waals surface area contributed by atoms with E-state index in [0.717, 1.165) is 18.2 Å². The van der Waals surface area contributed by atoms with Crippen LogP contribution in [0.15, 0.2) is 59.2 Å². The monoisotopic (exact) mass is 484 g/mol. The summed E-state index contributed by atoms with van der Waals surface area (Å²) in [5.74, 6) is 0.00506. The lowest BCUT2D eigenvalue weighted by Gasteiger charge is -2.29. The van der Waals surface area contributed by atoms with E-state index in [1.807, 2.05) is 0 Å². The zero-order valence-corrected chi connectivity index (χ0v) is 17.8. The molecule has 2 heterocycles. The molecule has 32 heavy (non-hydrogen) atoms. The van der Waals surface area contributed by atoms with Gasteiger partial charge in [0.1, 0.15) is 5.84 Å². The van der Waals surface area contributed by atoms with Crippen LogP contribution in [0.2, 0.25) is 5.02 Å². The highest BCUT2D eigenvalue weighted by atomic mass is 35.5. The Labute approximate surface area is 186 Å². The number of nitrogens with zero attached hydrogens (tertiary/aromatic N) is 1. The normalized spacial score (nSPS) is 14.1. The molecule has 7 nitrogen and oxygen atoms in total. The summed E-state index contributed by atoms with van der Waals surface area (Å²) >= 11 is 5.91. The van der Waals surface area contributed by atoms with E-state index in [-0.39, 0.29) is 22.1 Å². The van der Waals surface area contributed by atoms with Crippen molar-refractivity contribution in [3.8, 4) is 0 Å². The molecule has 0 saturated carbocycles. The molecule has 168 valence electrons. The molecule has 0 amide bonds. The minimum atomic E-state index is -4.61. The second kappa shape index (κ2) is 8.06. The van der Waals surface area contributed by atoms with Crippen LogP contribution < -0.4 is 14.9 Å². The van der Waals surface area contributed by atoms with Crippen molar-refractivity contribution in [2.75, 3.05) is 21.6 Å². The molecule has 1 aliphatic rings. The largest absolute Gasteiger partial charge is 0.448 e. The molecule has 0 radical (unpaired) electrons. The molecule has 0 saturated heterocycles. The Morgan fingerprint density at radius 3 is 2.56 bits per heavy atom. The van der Waals surface area contributed by atoms with Crippen molar-refractivity contribution >= 4 is 44.7 Å². The third-order valence-electron chi connectivity index (χ3n) is 4.76. The zero-order chi connectivity index (χ0) is 23.1. The maximum Gasteiger partial charge on any atom is 0.416 e. The van der Waals surface area contributed by atoms with E-state index in [0.29, 0.717) is 23.8 Å². The summed E-state index contributed by atoms with van der Waals surface area (Å²) in [5, 5.41) is 11.3. The van der Waals surface area contributed by atoms with Gasteiger partial charge < -0.3 is 14.6 Å². The highest BCUT2D eigenvalue weighted by Gasteiger charge is 2.31. The Balaban J connectivity index is 1.48. The van der Waals surface area contributed by atoms with Crippen LogP contribution in [-0.2, 0) is 22.0 Å². The quantitative estimate of drug-likeness (QED) is 0.467. The van der Waals surface area contributed by atoms with E-state index in [4.69, 9.17) is 21.4 Å². The Hall–Kier alpha value is -3.18. The number of sulfonamides is 1. The molecule has 0 unspecified atom stereocenters. The highest BCUT2D eigenvalue weighted by molar-refractivity contribution is 7.91. The second-order valence-corrected chi connectivity index (χ2v) is 9.12. The molecular weight excluding hydrogens is 469 g/mol. The molecule has 4 rings (SSSR count). The fourth-order valence-electron chi connectivity index (χ4n) is 3.22. The standard InChI is InChI=1S/C20H16ClF3N4O3S/c21-17-6-1-13(20(22,23)24)9-12(17)10-32(29,30)27-14-2-4-15(5-3-14)28-11-26-19-16(18(28)25)7-8-31-19/h1-9,25-27H,10-11H2. The van der Waals surface area contributed by atoms with E-state index in [1.165, 1.54) is 18.4 Å². The first-order valence-corrected chi connectivity index (χ1v) is 11.2. The molecule has 3 N–H and O–H groups in total. The first-order valence-electron chi connectivity index (χ1n) is 9.17. The number of alkyl halides is 3. The van der Waals surface area contributed by atoms with Crippen molar-refractivity contribution in [3.05, 3.63) is 76.5 Å². The van der Waals surface area contributed by atoms with Gasteiger partial charge in [-0.3, -0.25) is 10.1 Å². The van der Waals surface area contributed by atoms with E-state index in [1.54, 1.807) is 23.1 Å². The summed E-state index contributed by atoms with van der Waals surface area (Å²) in [4.78, 5) is 1.67. The van der Waals surface area contributed by atoms with E-state index < -0.39 is 27.5 Å². The number of amidine groups is 1. The Kier molecular flexibility index (Phi) is 5.55. The number of anilines is 3. The predicted octanol–water partition coefficient (Wildman–Crippen LogP) is 5.11. The number of rotatable bonds is 5. The molecule has 3 aromatic rings. The van der Waals surface area contributed by atoms with Gasteiger partial charge in [-0.15, -0.1) is 0 Å². The Morgan fingerprint density at radius 1 is 1.16 bits per heavy atom. The fourth-order valence-corrected chi connectivity index (χ4v) is 4.70. The van der Waals surface area contributed by atoms with Gasteiger partial charge in [0, 0.05) is 16.4 Å². The minimum absolute atomic E-state index is 0.0755. The van der Waals surface area contributed by atoms with Gasteiger partial charge in [-0.25, -0.2) is 8.42 Å². The average molecular weight is 485 g/mol. The topological polar surface area (TPSA) is 98.4 Å². The number of hydrogen-bond acceptors (Lipinski definition) is 5. The van der Waals surface area contributed by atoms with Crippen LogP contribution in [0.5, 0.6) is 0 Å². The summed E-state index contributed by atoms with van der Waals surface area (Å²) < 4.78 is 71.4. The van der Waals surface area contributed by atoms with Crippen LogP contribution in [-0.4, -0.2) is 20.9 Å². The second-order valence-electron chi connectivity index (χ2n) is 6.99. The predicted molar refractivity (Wildman–Crippen MR) is 116 cm³/mol. The SMILES string of the molecule is N=C1c2ccoc2NCN1c1ccc(NS(=O)(=O)Cc2cc(C(F)(F)F)ccc2Cl)cc1. The van der Waals surface area contributed by atoms with E-state index >= 15 is 0 Å². The van der Waals surface area contributed by atoms with Gasteiger partial charge in [0.25, 0.3) is 0 Å². The lowest BCUT2D eigenvalue weighted by atomic mass is 10.1. The summed E-state index contributed by atoms with van der Waals surface area (Å²) in [7, 11) is -4.04. The number of nitrogens with one attached hydrogen (secondary N) is 3. The van der Waals surface area contributed by atoms with Gasteiger partial charge in [0.2, 0.25) is 15.9 Å². The lowest BCUT2D eigenvalue weighted by molar-refractivity contribution is -0.137. The van der Waals surface area contributed by atoms with Gasteiger partial charge in [0.05, 0.1) is 29.8 Å². The van der Waals surface area contributed by atoms with Crippen molar-refractivity contribution < 1.29 is 26.0 Å². The molecule has 0 fully saturated rings. The number of hydrogen-bond donors (Lipinski definition) is 3. The fraction of sp³-hybridized carbons (Fsp3) is 0.150. The van der Waals surface area contributed by atoms with Crippen LogP contribution in [0.1, 0.15) is 16.7 Å². The van der Waals surface area contributed by atoms with Gasteiger partial charge in [0.15, 0.2) is 0 Å². The molecule has 1 aromatic heterocycles.